The summed E-state index contributed by atoms with van der Waals surface area (Å²) in [5, 5.41) is 0. The minimum atomic E-state index is -0.720. The fourth-order valence-electron chi connectivity index (χ4n) is 4.20. The summed E-state index contributed by atoms with van der Waals surface area (Å²) in [5.74, 6) is 0.0560. The second-order valence-corrected chi connectivity index (χ2v) is 7.29. The van der Waals surface area contributed by atoms with Crippen LogP contribution in [0.2, 0.25) is 0 Å². The maximum absolute atomic E-state index is 13.2. The highest BCUT2D eigenvalue weighted by molar-refractivity contribution is 5.92. The number of likely N-dealkylation sites (tertiary alicyclic amines) is 2. The fourth-order valence-corrected chi connectivity index (χ4v) is 4.20. The first-order valence-electron chi connectivity index (χ1n) is 9.51. The summed E-state index contributed by atoms with van der Waals surface area (Å²) in [5.41, 5.74) is 1.34. The zero-order chi connectivity index (χ0) is 18.7. The van der Waals surface area contributed by atoms with Crippen molar-refractivity contribution in [2.24, 2.45) is 0 Å². The molecule has 0 radical (unpaired) electrons. The summed E-state index contributed by atoms with van der Waals surface area (Å²) in [6.45, 7) is 2.08. The standard InChI is InChI=1S/C22H24N2O3/c25-20-22(13-15-23(20)16-18-8-3-1-4-9-18)12-7-14-24(22)21(26)27-17-19-10-5-2-6-11-19/h1-6,8-11H,7,12-17H2. The minimum Gasteiger partial charge on any atom is -0.445 e. The number of ether oxygens (including phenoxy) is 1. The van der Waals surface area contributed by atoms with Gasteiger partial charge in [-0.2, -0.15) is 0 Å². The number of carbonyl (C=O) groups is 2. The summed E-state index contributed by atoms with van der Waals surface area (Å²) in [7, 11) is 0. The molecule has 0 bridgehead atoms. The average Bonchev–Trinajstić information content (AvgIpc) is 3.28. The van der Waals surface area contributed by atoms with Crippen LogP contribution in [0.4, 0.5) is 4.79 Å². The molecule has 0 saturated carbocycles. The lowest BCUT2D eigenvalue weighted by Gasteiger charge is -2.32. The van der Waals surface area contributed by atoms with Crippen molar-refractivity contribution in [3.05, 3.63) is 71.8 Å². The number of hydrogen-bond donors (Lipinski definition) is 0. The summed E-state index contributed by atoms with van der Waals surface area (Å²) in [6, 6.07) is 19.6. The molecule has 1 spiro atoms. The van der Waals surface area contributed by atoms with Gasteiger partial charge < -0.3 is 9.64 Å². The SMILES string of the molecule is O=C(OCc1ccccc1)N1CCCC12CCN(Cc1ccccc1)C2=O. The molecule has 0 aliphatic carbocycles. The molecule has 27 heavy (non-hydrogen) atoms. The molecule has 4 rings (SSSR count). The lowest BCUT2D eigenvalue weighted by atomic mass is 9.94. The molecule has 1 unspecified atom stereocenters. The Hall–Kier alpha value is -2.82. The predicted molar refractivity (Wildman–Crippen MR) is 102 cm³/mol. The Kier molecular flexibility index (Phi) is 4.84. The second-order valence-electron chi connectivity index (χ2n) is 7.29. The van der Waals surface area contributed by atoms with E-state index in [4.69, 9.17) is 4.74 Å². The van der Waals surface area contributed by atoms with Gasteiger partial charge in [0, 0.05) is 19.6 Å². The average molecular weight is 364 g/mol. The van der Waals surface area contributed by atoms with Crippen molar-refractivity contribution < 1.29 is 14.3 Å². The largest absolute Gasteiger partial charge is 0.445 e. The maximum atomic E-state index is 13.2. The monoisotopic (exact) mass is 364 g/mol. The number of nitrogens with zero attached hydrogens (tertiary/aromatic N) is 2. The second kappa shape index (κ2) is 7.43. The van der Waals surface area contributed by atoms with E-state index < -0.39 is 5.54 Å². The minimum absolute atomic E-state index is 0.0560. The molecule has 2 aliphatic heterocycles. The van der Waals surface area contributed by atoms with Crippen molar-refractivity contribution >= 4 is 12.0 Å². The first-order valence-corrected chi connectivity index (χ1v) is 9.51. The number of amides is 2. The molecule has 5 heteroatoms. The van der Waals surface area contributed by atoms with Crippen molar-refractivity contribution in [1.82, 2.24) is 9.80 Å². The van der Waals surface area contributed by atoms with Crippen LogP contribution in [0.3, 0.4) is 0 Å². The van der Waals surface area contributed by atoms with E-state index in [1.54, 1.807) is 4.90 Å². The van der Waals surface area contributed by atoms with Gasteiger partial charge in [-0.15, -0.1) is 0 Å². The van der Waals surface area contributed by atoms with E-state index in [2.05, 4.69) is 0 Å². The summed E-state index contributed by atoms with van der Waals surface area (Å²) >= 11 is 0. The molecule has 2 amide bonds. The van der Waals surface area contributed by atoms with Crippen LogP contribution in [0.15, 0.2) is 60.7 Å². The van der Waals surface area contributed by atoms with E-state index in [-0.39, 0.29) is 18.6 Å². The van der Waals surface area contributed by atoms with Gasteiger partial charge in [-0.3, -0.25) is 9.69 Å². The van der Waals surface area contributed by atoms with Gasteiger partial charge in [0.2, 0.25) is 5.91 Å². The fraction of sp³-hybridized carbons (Fsp3) is 0.364. The molecular weight excluding hydrogens is 340 g/mol. The van der Waals surface area contributed by atoms with Gasteiger partial charge in [0.05, 0.1) is 0 Å². The van der Waals surface area contributed by atoms with Crippen LogP contribution in [0.25, 0.3) is 0 Å². The van der Waals surface area contributed by atoms with E-state index in [1.807, 2.05) is 65.6 Å². The molecular formula is C22H24N2O3. The zero-order valence-electron chi connectivity index (χ0n) is 15.3. The van der Waals surface area contributed by atoms with Crippen LogP contribution < -0.4 is 0 Å². The first-order chi connectivity index (χ1) is 13.2. The van der Waals surface area contributed by atoms with Gasteiger partial charge in [0.25, 0.3) is 0 Å². The highest BCUT2D eigenvalue weighted by Gasteiger charge is 2.55. The van der Waals surface area contributed by atoms with Crippen molar-refractivity contribution in [3.8, 4) is 0 Å². The van der Waals surface area contributed by atoms with E-state index in [0.717, 1.165) is 24.0 Å². The van der Waals surface area contributed by atoms with E-state index >= 15 is 0 Å². The molecule has 2 aliphatic rings. The molecule has 0 aromatic heterocycles. The van der Waals surface area contributed by atoms with Gasteiger partial charge in [-0.05, 0) is 30.4 Å². The van der Waals surface area contributed by atoms with Crippen molar-refractivity contribution in [3.63, 3.8) is 0 Å². The highest BCUT2D eigenvalue weighted by Crippen LogP contribution is 2.39. The Balaban J connectivity index is 1.43. The number of rotatable bonds is 4. The van der Waals surface area contributed by atoms with Crippen molar-refractivity contribution in [2.45, 2.75) is 38.0 Å². The maximum Gasteiger partial charge on any atom is 0.411 e. The van der Waals surface area contributed by atoms with Gasteiger partial charge in [-0.25, -0.2) is 4.79 Å². The van der Waals surface area contributed by atoms with E-state index in [1.165, 1.54) is 0 Å². The molecule has 5 nitrogen and oxygen atoms in total. The zero-order valence-corrected chi connectivity index (χ0v) is 15.3. The van der Waals surface area contributed by atoms with Gasteiger partial charge in [0.1, 0.15) is 12.1 Å². The summed E-state index contributed by atoms with van der Waals surface area (Å²) in [6.07, 6.45) is 1.86. The van der Waals surface area contributed by atoms with Gasteiger partial charge in [-0.1, -0.05) is 60.7 Å². The third-order valence-electron chi connectivity index (χ3n) is 5.61. The number of hydrogen-bond acceptors (Lipinski definition) is 3. The Labute approximate surface area is 159 Å². The van der Waals surface area contributed by atoms with Crippen LogP contribution in [-0.2, 0) is 22.7 Å². The molecule has 0 N–H and O–H groups in total. The lowest BCUT2D eigenvalue weighted by molar-refractivity contribution is -0.136. The first kappa shape index (κ1) is 17.6. The molecule has 2 heterocycles. The predicted octanol–water partition coefficient (Wildman–Crippen LogP) is 3.59. The third-order valence-corrected chi connectivity index (χ3v) is 5.61. The summed E-state index contributed by atoms with van der Waals surface area (Å²) in [4.78, 5) is 29.5. The van der Waals surface area contributed by atoms with Crippen molar-refractivity contribution in [2.75, 3.05) is 13.1 Å². The molecule has 2 fully saturated rings. The van der Waals surface area contributed by atoms with Crippen LogP contribution in [0.5, 0.6) is 0 Å². The third kappa shape index (κ3) is 3.42. The molecule has 2 saturated heterocycles. The van der Waals surface area contributed by atoms with E-state index in [9.17, 15) is 9.59 Å². The highest BCUT2D eigenvalue weighted by atomic mass is 16.6. The van der Waals surface area contributed by atoms with Crippen LogP contribution in [-0.4, -0.2) is 40.4 Å². The molecule has 2 aromatic rings. The molecule has 2 aromatic carbocycles. The Bertz CT molecular complexity index is 809. The summed E-state index contributed by atoms with van der Waals surface area (Å²) < 4.78 is 5.52. The van der Waals surface area contributed by atoms with Crippen molar-refractivity contribution in [1.29, 1.82) is 0 Å². The normalized spacial score (nSPS) is 21.9. The molecule has 140 valence electrons. The van der Waals surface area contributed by atoms with Gasteiger partial charge >= 0.3 is 6.09 Å². The smallest absolute Gasteiger partial charge is 0.411 e. The topological polar surface area (TPSA) is 49.9 Å². The quantitative estimate of drug-likeness (QED) is 0.833. The number of benzene rings is 2. The van der Waals surface area contributed by atoms with Crippen LogP contribution in [0.1, 0.15) is 30.4 Å². The number of carbonyl (C=O) groups excluding carboxylic acids is 2. The molecule has 1 atom stereocenters. The Morgan fingerprint density at radius 2 is 1.59 bits per heavy atom. The van der Waals surface area contributed by atoms with E-state index in [0.29, 0.717) is 26.1 Å². The van der Waals surface area contributed by atoms with Gasteiger partial charge in [0.15, 0.2) is 0 Å². The Morgan fingerprint density at radius 1 is 0.926 bits per heavy atom. The van der Waals surface area contributed by atoms with Crippen LogP contribution >= 0.6 is 0 Å². The Morgan fingerprint density at radius 3 is 2.30 bits per heavy atom. The van der Waals surface area contributed by atoms with Crippen LogP contribution in [0, 0.1) is 0 Å². The lowest BCUT2D eigenvalue weighted by Crippen LogP contribution is -2.52.